The quantitative estimate of drug-likeness (QED) is 0.724. The van der Waals surface area contributed by atoms with Gasteiger partial charge in [0, 0.05) is 16.7 Å². The van der Waals surface area contributed by atoms with E-state index in [1.165, 1.54) is 0 Å². The molecule has 0 aliphatic heterocycles. The third-order valence-electron chi connectivity index (χ3n) is 4.01. The van der Waals surface area contributed by atoms with E-state index in [2.05, 4.69) is 21.2 Å². The van der Waals surface area contributed by atoms with Crippen molar-refractivity contribution < 1.29 is 14.7 Å². The zero-order valence-electron chi connectivity index (χ0n) is 11.6. The van der Waals surface area contributed by atoms with Crippen molar-refractivity contribution in [1.29, 1.82) is 0 Å². The van der Waals surface area contributed by atoms with E-state index in [-0.39, 0.29) is 11.8 Å². The molecule has 1 saturated carbocycles. The minimum absolute atomic E-state index is 0.180. The first kappa shape index (κ1) is 15.8. The number of amides is 1. The fourth-order valence-corrected chi connectivity index (χ4v) is 3.06. The van der Waals surface area contributed by atoms with E-state index in [0.29, 0.717) is 36.6 Å². The largest absolute Gasteiger partial charge is 0.481 e. The number of carboxylic acids is 1. The third kappa shape index (κ3) is 4.20. The van der Waals surface area contributed by atoms with Crippen LogP contribution in [0.2, 0.25) is 0 Å². The summed E-state index contributed by atoms with van der Waals surface area (Å²) in [5, 5.41) is 11.8. The highest BCUT2D eigenvalue weighted by Crippen LogP contribution is 2.28. The standard InChI is InChI=1S/C15H19BrN2O3/c16-11-5-6-12(13(17)7-11)14(19)18-8-9-1-3-10(4-2-9)15(20)21/h5-7,9-10H,1-4,8,17H2,(H,18,19)(H,20,21). The molecule has 1 aliphatic rings. The molecule has 0 heterocycles. The van der Waals surface area contributed by atoms with Crippen LogP contribution in [0.4, 0.5) is 5.69 Å². The van der Waals surface area contributed by atoms with Crippen molar-refractivity contribution in [2.75, 3.05) is 12.3 Å². The van der Waals surface area contributed by atoms with Gasteiger partial charge in [0.2, 0.25) is 0 Å². The van der Waals surface area contributed by atoms with Crippen LogP contribution >= 0.6 is 15.9 Å². The summed E-state index contributed by atoms with van der Waals surface area (Å²) in [7, 11) is 0. The van der Waals surface area contributed by atoms with Crippen LogP contribution in [-0.4, -0.2) is 23.5 Å². The van der Waals surface area contributed by atoms with Crippen molar-refractivity contribution in [1.82, 2.24) is 5.32 Å². The number of rotatable bonds is 4. The summed E-state index contributed by atoms with van der Waals surface area (Å²) >= 11 is 3.30. The van der Waals surface area contributed by atoms with Crippen molar-refractivity contribution in [3.05, 3.63) is 28.2 Å². The number of nitrogens with one attached hydrogen (secondary N) is 1. The molecule has 0 spiro atoms. The molecule has 0 radical (unpaired) electrons. The first-order valence-electron chi connectivity index (χ1n) is 7.03. The van der Waals surface area contributed by atoms with Gasteiger partial charge in [-0.2, -0.15) is 0 Å². The van der Waals surface area contributed by atoms with Gasteiger partial charge >= 0.3 is 5.97 Å². The molecular formula is C15H19BrN2O3. The summed E-state index contributed by atoms with van der Waals surface area (Å²) in [5.41, 5.74) is 6.74. The SMILES string of the molecule is Nc1cc(Br)ccc1C(=O)NCC1CCC(C(=O)O)CC1. The van der Waals surface area contributed by atoms with Crippen molar-refractivity contribution in [2.24, 2.45) is 11.8 Å². The van der Waals surface area contributed by atoms with E-state index in [1.54, 1.807) is 18.2 Å². The molecule has 1 fully saturated rings. The topological polar surface area (TPSA) is 92.4 Å². The Balaban J connectivity index is 1.83. The first-order chi connectivity index (χ1) is 9.97. The number of halogens is 1. The number of carbonyl (C=O) groups excluding carboxylic acids is 1. The van der Waals surface area contributed by atoms with Gasteiger partial charge in [0.1, 0.15) is 0 Å². The summed E-state index contributed by atoms with van der Waals surface area (Å²) in [6, 6.07) is 5.17. The van der Waals surface area contributed by atoms with E-state index in [0.717, 1.165) is 17.3 Å². The molecule has 0 atom stereocenters. The predicted molar refractivity (Wildman–Crippen MR) is 84.0 cm³/mol. The molecule has 4 N–H and O–H groups in total. The normalized spacial score (nSPS) is 21.8. The zero-order valence-corrected chi connectivity index (χ0v) is 13.2. The van der Waals surface area contributed by atoms with Gasteiger partial charge in [-0.25, -0.2) is 0 Å². The second-order valence-electron chi connectivity index (χ2n) is 5.50. The molecule has 6 heteroatoms. The molecular weight excluding hydrogens is 336 g/mol. The molecule has 0 unspecified atom stereocenters. The minimum atomic E-state index is -0.708. The Kier molecular flexibility index (Phi) is 5.22. The summed E-state index contributed by atoms with van der Waals surface area (Å²) in [5.74, 6) is -0.763. The molecule has 1 amide bonds. The number of nitrogens with two attached hydrogens (primary N) is 1. The maximum atomic E-state index is 12.1. The summed E-state index contributed by atoms with van der Waals surface area (Å²) < 4.78 is 0.837. The van der Waals surface area contributed by atoms with Gasteiger partial charge in [-0.15, -0.1) is 0 Å². The van der Waals surface area contributed by atoms with Crippen LogP contribution in [0.5, 0.6) is 0 Å². The van der Waals surface area contributed by atoms with Crippen LogP contribution in [0, 0.1) is 11.8 Å². The number of benzene rings is 1. The Labute approximate surface area is 132 Å². The number of carboxylic acid groups (broad SMARTS) is 1. The van der Waals surface area contributed by atoms with Crippen molar-refractivity contribution in [3.63, 3.8) is 0 Å². The van der Waals surface area contributed by atoms with Gasteiger partial charge in [-0.1, -0.05) is 15.9 Å². The van der Waals surface area contributed by atoms with E-state index in [4.69, 9.17) is 10.8 Å². The summed E-state index contributed by atoms with van der Waals surface area (Å²) in [6.07, 6.45) is 3.06. The zero-order chi connectivity index (χ0) is 15.4. The van der Waals surface area contributed by atoms with Crippen LogP contribution in [0.25, 0.3) is 0 Å². The lowest BCUT2D eigenvalue weighted by atomic mass is 9.82. The van der Waals surface area contributed by atoms with Crippen molar-refractivity contribution >= 4 is 33.5 Å². The molecule has 0 bridgehead atoms. The van der Waals surface area contributed by atoms with Gasteiger partial charge in [0.25, 0.3) is 5.91 Å². The average Bonchev–Trinajstić information content (AvgIpc) is 2.45. The highest BCUT2D eigenvalue weighted by atomic mass is 79.9. The van der Waals surface area contributed by atoms with Gasteiger partial charge in [-0.05, 0) is 49.8 Å². The number of aliphatic carboxylic acids is 1. The number of hydrogen-bond donors (Lipinski definition) is 3. The summed E-state index contributed by atoms with van der Waals surface area (Å²) in [6.45, 7) is 0.570. The van der Waals surface area contributed by atoms with E-state index in [9.17, 15) is 9.59 Å². The predicted octanol–water partition coefficient (Wildman–Crippen LogP) is 2.65. The van der Waals surface area contributed by atoms with Crippen LogP contribution in [0.1, 0.15) is 36.0 Å². The molecule has 1 aromatic rings. The van der Waals surface area contributed by atoms with E-state index >= 15 is 0 Å². The number of nitrogen functional groups attached to an aromatic ring is 1. The smallest absolute Gasteiger partial charge is 0.306 e. The third-order valence-corrected chi connectivity index (χ3v) is 4.50. The molecule has 21 heavy (non-hydrogen) atoms. The average molecular weight is 355 g/mol. The number of carbonyl (C=O) groups is 2. The minimum Gasteiger partial charge on any atom is -0.481 e. The lowest BCUT2D eigenvalue weighted by molar-refractivity contribution is -0.143. The Morgan fingerprint density at radius 1 is 1.29 bits per heavy atom. The van der Waals surface area contributed by atoms with Crippen molar-refractivity contribution in [2.45, 2.75) is 25.7 Å². The van der Waals surface area contributed by atoms with E-state index < -0.39 is 5.97 Å². The molecule has 1 aliphatic carbocycles. The van der Waals surface area contributed by atoms with Crippen LogP contribution < -0.4 is 11.1 Å². The second kappa shape index (κ2) is 6.93. The van der Waals surface area contributed by atoms with Crippen LogP contribution in [-0.2, 0) is 4.79 Å². The maximum absolute atomic E-state index is 12.1. The van der Waals surface area contributed by atoms with Crippen molar-refractivity contribution in [3.8, 4) is 0 Å². The van der Waals surface area contributed by atoms with Crippen LogP contribution in [0.3, 0.4) is 0 Å². The Morgan fingerprint density at radius 3 is 2.52 bits per heavy atom. The fourth-order valence-electron chi connectivity index (χ4n) is 2.69. The molecule has 114 valence electrons. The highest BCUT2D eigenvalue weighted by Gasteiger charge is 2.26. The number of hydrogen-bond acceptors (Lipinski definition) is 3. The highest BCUT2D eigenvalue weighted by molar-refractivity contribution is 9.10. The van der Waals surface area contributed by atoms with E-state index in [1.807, 2.05) is 0 Å². The molecule has 1 aromatic carbocycles. The Morgan fingerprint density at radius 2 is 1.95 bits per heavy atom. The van der Waals surface area contributed by atoms with Crippen LogP contribution in [0.15, 0.2) is 22.7 Å². The van der Waals surface area contributed by atoms with Gasteiger partial charge in [0.05, 0.1) is 11.5 Å². The Hall–Kier alpha value is -1.56. The molecule has 0 aromatic heterocycles. The second-order valence-corrected chi connectivity index (χ2v) is 6.41. The molecule has 0 saturated heterocycles. The molecule has 2 rings (SSSR count). The lowest BCUT2D eigenvalue weighted by Crippen LogP contribution is -2.32. The van der Waals surface area contributed by atoms with Gasteiger partial charge in [0.15, 0.2) is 0 Å². The maximum Gasteiger partial charge on any atom is 0.306 e. The fraction of sp³-hybridized carbons (Fsp3) is 0.467. The van der Waals surface area contributed by atoms with Gasteiger partial charge in [-0.3, -0.25) is 9.59 Å². The Bertz CT molecular complexity index is 540. The lowest BCUT2D eigenvalue weighted by Gasteiger charge is -2.26. The number of anilines is 1. The first-order valence-corrected chi connectivity index (χ1v) is 7.82. The molecule has 5 nitrogen and oxygen atoms in total. The van der Waals surface area contributed by atoms with Gasteiger partial charge < -0.3 is 16.2 Å². The monoisotopic (exact) mass is 354 g/mol. The summed E-state index contributed by atoms with van der Waals surface area (Å²) in [4.78, 5) is 23.0.